The van der Waals surface area contributed by atoms with E-state index in [1.807, 2.05) is 73.9 Å². The first-order valence-corrected chi connectivity index (χ1v) is 12.4. The Kier molecular flexibility index (Phi) is 6.72. The van der Waals surface area contributed by atoms with E-state index in [0.717, 1.165) is 43.4 Å². The standard InChI is InChI=1S/C26H25BrN2O3S/c1-5-20-21(16-11-13-17(27)14-12-16)22(26(31)32-4)25(33-20)28-24(30)23-15(3)18-9-7-8-10-19(18)29(23)6-2/h7-14H,5-6H2,1-4H3,(H,28,30). The third-order valence-electron chi connectivity index (χ3n) is 5.81. The molecule has 0 radical (unpaired) electrons. The van der Waals surface area contributed by atoms with Crippen LogP contribution in [0.25, 0.3) is 22.0 Å². The minimum atomic E-state index is -0.466. The van der Waals surface area contributed by atoms with Crippen LogP contribution in [0.1, 0.15) is 45.1 Å². The van der Waals surface area contributed by atoms with Crippen molar-refractivity contribution < 1.29 is 14.3 Å². The van der Waals surface area contributed by atoms with Crippen molar-refractivity contribution in [3.05, 3.63) is 74.7 Å². The number of anilines is 1. The SMILES string of the molecule is CCc1sc(NC(=O)c2c(C)c3ccccc3n2CC)c(C(=O)OC)c1-c1ccc(Br)cc1. The lowest BCUT2D eigenvalue weighted by Crippen LogP contribution is -2.19. The highest BCUT2D eigenvalue weighted by molar-refractivity contribution is 9.10. The first-order valence-electron chi connectivity index (χ1n) is 10.8. The number of carbonyl (C=O) groups is 2. The van der Waals surface area contributed by atoms with Crippen LogP contribution in [-0.2, 0) is 17.7 Å². The van der Waals surface area contributed by atoms with Crippen LogP contribution < -0.4 is 5.32 Å². The number of hydrogen-bond donors (Lipinski definition) is 1. The van der Waals surface area contributed by atoms with Crippen LogP contribution >= 0.6 is 27.3 Å². The molecule has 4 rings (SSSR count). The number of para-hydroxylation sites is 1. The molecule has 1 N–H and O–H groups in total. The van der Waals surface area contributed by atoms with Crippen molar-refractivity contribution in [1.29, 1.82) is 0 Å². The Balaban J connectivity index is 1.84. The highest BCUT2D eigenvalue weighted by Gasteiger charge is 2.28. The van der Waals surface area contributed by atoms with Gasteiger partial charge in [-0.15, -0.1) is 11.3 Å². The van der Waals surface area contributed by atoms with Gasteiger partial charge in [0.25, 0.3) is 5.91 Å². The van der Waals surface area contributed by atoms with Crippen molar-refractivity contribution in [3.63, 3.8) is 0 Å². The minimum absolute atomic E-state index is 0.234. The summed E-state index contributed by atoms with van der Waals surface area (Å²) in [7, 11) is 1.36. The van der Waals surface area contributed by atoms with Crippen molar-refractivity contribution in [1.82, 2.24) is 4.57 Å². The third-order valence-corrected chi connectivity index (χ3v) is 7.59. The van der Waals surface area contributed by atoms with E-state index in [-0.39, 0.29) is 5.91 Å². The first-order chi connectivity index (χ1) is 15.9. The summed E-state index contributed by atoms with van der Waals surface area (Å²) in [6.07, 6.45) is 0.726. The van der Waals surface area contributed by atoms with E-state index in [0.29, 0.717) is 22.8 Å². The molecule has 7 heteroatoms. The zero-order valence-electron chi connectivity index (χ0n) is 19.0. The quantitative estimate of drug-likeness (QED) is 0.274. The highest BCUT2D eigenvalue weighted by atomic mass is 79.9. The summed E-state index contributed by atoms with van der Waals surface area (Å²) in [6.45, 7) is 6.69. The molecule has 4 aromatic rings. The molecule has 0 saturated carbocycles. The number of benzene rings is 2. The zero-order valence-corrected chi connectivity index (χ0v) is 21.4. The molecule has 170 valence electrons. The van der Waals surface area contributed by atoms with E-state index in [9.17, 15) is 9.59 Å². The lowest BCUT2D eigenvalue weighted by Gasteiger charge is -2.11. The fourth-order valence-corrected chi connectivity index (χ4v) is 5.70. The number of nitrogens with zero attached hydrogens (tertiary/aromatic N) is 1. The number of carbonyl (C=O) groups excluding carboxylic acids is 2. The number of thiophene rings is 1. The molecule has 0 fully saturated rings. The Hall–Kier alpha value is -2.90. The molecule has 0 spiro atoms. The molecular weight excluding hydrogens is 500 g/mol. The van der Waals surface area contributed by atoms with Gasteiger partial charge >= 0.3 is 5.97 Å². The summed E-state index contributed by atoms with van der Waals surface area (Å²) < 4.78 is 8.10. The maximum atomic E-state index is 13.6. The van der Waals surface area contributed by atoms with Crippen molar-refractivity contribution in [2.24, 2.45) is 0 Å². The number of amides is 1. The summed E-state index contributed by atoms with van der Waals surface area (Å²) in [4.78, 5) is 27.5. The summed E-state index contributed by atoms with van der Waals surface area (Å²) in [5.74, 6) is -0.700. The van der Waals surface area contributed by atoms with Gasteiger partial charge in [0.2, 0.25) is 0 Å². The molecule has 2 aromatic heterocycles. The van der Waals surface area contributed by atoms with Gasteiger partial charge in [0.05, 0.1) is 7.11 Å². The number of ether oxygens (including phenoxy) is 1. The second-order valence-corrected chi connectivity index (χ2v) is 9.67. The predicted octanol–water partition coefficient (Wildman–Crippen LogP) is 7.06. The number of nitrogens with one attached hydrogen (secondary N) is 1. The van der Waals surface area contributed by atoms with Gasteiger partial charge in [-0.2, -0.15) is 0 Å². The van der Waals surface area contributed by atoms with E-state index in [1.54, 1.807) is 0 Å². The van der Waals surface area contributed by atoms with Crippen LogP contribution in [0, 0.1) is 6.92 Å². The Morgan fingerprint density at radius 1 is 1.09 bits per heavy atom. The summed E-state index contributed by atoms with van der Waals surface area (Å²) in [5, 5.41) is 4.60. The molecular formula is C26H25BrN2O3S. The van der Waals surface area contributed by atoms with Crippen LogP contribution in [0.5, 0.6) is 0 Å². The highest BCUT2D eigenvalue weighted by Crippen LogP contribution is 2.42. The molecule has 0 aliphatic heterocycles. The molecule has 33 heavy (non-hydrogen) atoms. The first kappa shape index (κ1) is 23.3. The Morgan fingerprint density at radius 2 is 1.79 bits per heavy atom. The number of halogens is 1. The van der Waals surface area contributed by atoms with E-state index in [2.05, 4.69) is 21.2 Å². The summed E-state index contributed by atoms with van der Waals surface area (Å²) in [5.41, 5.74) is 4.66. The molecule has 0 aliphatic rings. The molecule has 5 nitrogen and oxygen atoms in total. The summed E-state index contributed by atoms with van der Waals surface area (Å²) >= 11 is 4.89. The summed E-state index contributed by atoms with van der Waals surface area (Å²) in [6, 6.07) is 15.8. The van der Waals surface area contributed by atoms with E-state index >= 15 is 0 Å². The van der Waals surface area contributed by atoms with Crippen LogP contribution in [0.4, 0.5) is 5.00 Å². The number of aromatic nitrogens is 1. The Bertz CT molecular complexity index is 1350. The molecule has 2 heterocycles. The van der Waals surface area contributed by atoms with Crippen LogP contribution in [0.2, 0.25) is 0 Å². The van der Waals surface area contributed by atoms with Crippen molar-refractivity contribution in [3.8, 4) is 11.1 Å². The van der Waals surface area contributed by atoms with Crippen molar-refractivity contribution in [2.75, 3.05) is 12.4 Å². The maximum Gasteiger partial charge on any atom is 0.341 e. The smallest absolute Gasteiger partial charge is 0.341 e. The van der Waals surface area contributed by atoms with Gasteiger partial charge in [0.1, 0.15) is 16.3 Å². The third kappa shape index (κ3) is 4.11. The van der Waals surface area contributed by atoms with E-state index in [1.165, 1.54) is 18.4 Å². The topological polar surface area (TPSA) is 60.3 Å². The number of fused-ring (bicyclic) bond motifs is 1. The van der Waals surface area contributed by atoms with Gasteiger partial charge in [0, 0.05) is 32.4 Å². The number of rotatable bonds is 6. The van der Waals surface area contributed by atoms with Crippen LogP contribution in [0.15, 0.2) is 53.0 Å². The molecule has 2 aromatic carbocycles. The number of esters is 1. The maximum absolute atomic E-state index is 13.6. The normalized spacial score (nSPS) is 11.1. The predicted molar refractivity (Wildman–Crippen MR) is 138 cm³/mol. The average Bonchev–Trinajstić information content (AvgIpc) is 3.33. The molecule has 1 amide bonds. The molecule has 0 aliphatic carbocycles. The minimum Gasteiger partial charge on any atom is -0.465 e. The number of methoxy groups -OCH3 is 1. The van der Waals surface area contributed by atoms with Gasteiger partial charge in [-0.05, 0) is 49.6 Å². The monoisotopic (exact) mass is 524 g/mol. The van der Waals surface area contributed by atoms with Crippen molar-refractivity contribution in [2.45, 2.75) is 33.7 Å². The van der Waals surface area contributed by atoms with Gasteiger partial charge < -0.3 is 14.6 Å². The Labute approximate surface area is 205 Å². The lowest BCUT2D eigenvalue weighted by atomic mass is 10.00. The van der Waals surface area contributed by atoms with Gasteiger partial charge in [-0.25, -0.2) is 4.79 Å². The van der Waals surface area contributed by atoms with E-state index in [4.69, 9.17) is 4.74 Å². The second-order valence-electron chi connectivity index (χ2n) is 7.65. The van der Waals surface area contributed by atoms with Gasteiger partial charge in [-0.3, -0.25) is 4.79 Å². The van der Waals surface area contributed by atoms with Crippen LogP contribution in [0.3, 0.4) is 0 Å². The van der Waals surface area contributed by atoms with Crippen LogP contribution in [-0.4, -0.2) is 23.6 Å². The molecule has 0 unspecified atom stereocenters. The molecule has 0 saturated heterocycles. The lowest BCUT2D eigenvalue weighted by molar-refractivity contribution is 0.0603. The zero-order chi connectivity index (χ0) is 23.7. The number of aryl methyl sites for hydroxylation is 3. The van der Waals surface area contributed by atoms with E-state index < -0.39 is 5.97 Å². The largest absolute Gasteiger partial charge is 0.465 e. The van der Waals surface area contributed by atoms with Crippen molar-refractivity contribution >= 4 is 55.0 Å². The number of hydrogen-bond acceptors (Lipinski definition) is 4. The van der Waals surface area contributed by atoms with Gasteiger partial charge in [0.15, 0.2) is 0 Å². The molecule has 0 bridgehead atoms. The fraction of sp³-hybridized carbons (Fsp3) is 0.231. The fourth-order valence-electron chi connectivity index (χ4n) is 4.29. The Morgan fingerprint density at radius 3 is 2.42 bits per heavy atom. The average molecular weight is 525 g/mol. The molecule has 0 atom stereocenters. The van der Waals surface area contributed by atoms with Gasteiger partial charge in [-0.1, -0.05) is 53.2 Å². The second kappa shape index (κ2) is 9.53.